The van der Waals surface area contributed by atoms with E-state index < -0.39 is 0 Å². The van der Waals surface area contributed by atoms with Crippen molar-refractivity contribution in [2.45, 2.75) is 53.6 Å². The lowest BCUT2D eigenvalue weighted by Gasteiger charge is -2.34. The van der Waals surface area contributed by atoms with Gasteiger partial charge in [0.25, 0.3) is 0 Å². The molecule has 1 heteroatoms. The Morgan fingerprint density at radius 3 is 1.31 bits per heavy atom. The molecule has 0 saturated heterocycles. The molecular formula is C12H27P. The van der Waals surface area contributed by atoms with Gasteiger partial charge in [-0.1, -0.05) is 48.5 Å². The van der Waals surface area contributed by atoms with Gasteiger partial charge in [-0.3, -0.25) is 0 Å². The van der Waals surface area contributed by atoms with E-state index in [-0.39, 0.29) is 7.92 Å². The van der Waals surface area contributed by atoms with E-state index in [1.807, 2.05) is 0 Å². The molecule has 0 aromatic rings. The molecule has 0 spiro atoms. The maximum Gasteiger partial charge on any atom is -0.0179 e. The van der Waals surface area contributed by atoms with Crippen LogP contribution in [0.15, 0.2) is 0 Å². The molecule has 0 unspecified atom stereocenters. The van der Waals surface area contributed by atoms with Crippen molar-refractivity contribution in [2.24, 2.45) is 11.8 Å². The van der Waals surface area contributed by atoms with Crippen molar-refractivity contribution in [3.8, 4) is 0 Å². The Morgan fingerprint density at radius 1 is 0.846 bits per heavy atom. The monoisotopic (exact) mass is 202 g/mol. The molecule has 0 nitrogen and oxygen atoms in total. The first-order chi connectivity index (χ1) is 5.73. The first-order valence-corrected chi connectivity index (χ1v) is 7.19. The third kappa shape index (κ3) is 6.49. The lowest BCUT2D eigenvalue weighted by atomic mass is 10.2. The first kappa shape index (κ1) is 13.4. The van der Waals surface area contributed by atoms with Crippen molar-refractivity contribution in [3.63, 3.8) is 0 Å². The van der Waals surface area contributed by atoms with Gasteiger partial charge < -0.3 is 0 Å². The zero-order valence-electron chi connectivity index (χ0n) is 10.5. The Labute approximate surface area is 86.3 Å². The van der Waals surface area contributed by atoms with Crippen LogP contribution < -0.4 is 0 Å². The van der Waals surface area contributed by atoms with Gasteiger partial charge in [-0.2, -0.15) is 0 Å². The van der Waals surface area contributed by atoms with Gasteiger partial charge >= 0.3 is 0 Å². The molecule has 0 aromatic heterocycles. The summed E-state index contributed by atoms with van der Waals surface area (Å²) in [6.45, 7) is 16.6. The predicted octanol–water partition coefficient (Wildman–Crippen LogP) is 4.58. The van der Waals surface area contributed by atoms with Crippen molar-refractivity contribution in [1.82, 2.24) is 0 Å². The molecule has 0 heterocycles. The van der Waals surface area contributed by atoms with Gasteiger partial charge in [-0.05, 0) is 29.3 Å². The second-order valence-electron chi connectivity index (χ2n) is 5.86. The number of hydrogen-bond donors (Lipinski definition) is 0. The SMILES string of the molecule is CC(C)CP(CC(C)C)C(C)(C)C. The fourth-order valence-corrected chi connectivity index (χ4v) is 4.51. The predicted molar refractivity (Wildman–Crippen MR) is 66.1 cm³/mol. The summed E-state index contributed by atoms with van der Waals surface area (Å²) < 4.78 is 0. The number of hydrogen-bond acceptors (Lipinski definition) is 0. The molecule has 0 aliphatic rings. The molecule has 0 aliphatic carbocycles. The topological polar surface area (TPSA) is 0 Å². The van der Waals surface area contributed by atoms with Crippen LogP contribution in [0.3, 0.4) is 0 Å². The van der Waals surface area contributed by atoms with Gasteiger partial charge in [0.2, 0.25) is 0 Å². The fourth-order valence-electron chi connectivity index (χ4n) is 1.50. The minimum absolute atomic E-state index is 0.219. The second-order valence-corrected chi connectivity index (χ2v) is 9.02. The lowest BCUT2D eigenvalue weighted by molar-refractivity contribution is 0.684. The molecule has 0 N–H and O–H groups in total. The van der Waals surface area contributed by atoms with Gasteiger partial charge in [0, 0.05) is 0 Å². The summed E-state index contributed by atoms with van der Waals surface area (Å²) in [4.78, 5) is 0. The van der Waals surface area contributed by atoms with Crippen LogP contribution in [0.2, 0.25) is 0 Å². The van der Waals surface area contributed by atoms with Crippen LogP contribution in [0.5, 0.6) is 0 Å². The highest BCUT2D eigenvalue weighted by Gasteiger charge is 2.24. The van der Waals surface area contributed by atoms with Crippen molar-refractivity contribution in [3.05, 3.63) is 0 Å². The van der Waals surface area contributed by atoms with Gasteiger partial charge in [0.15, 0.2) is 0 Å². The quantitative estimate of drug-likeness (QED) is 0.585. The third-order valence-corrected chi connectivity index (χ3v) is 6.36. The summed E-state index contributed by atoms with van der Waals surface area (Å²) in [6, 6.07) is 0. The van der Waals surface area contributed by atoms with Gasteiger partial charge in [0.1, 0.15) is 0 Å². The molecule has 80 valence electrons. The molecule has 0 radical (unpaired) electrons. The van der Waals surface area contributed by atoms with Crippen LogP contribution in [0.25, 0.3) is 0 Å². The molecule has 0 bridgehead atoms. The minimum atomic E-state index is 0.219. The Balaban J connectivity index is 4.20. The van der Waals surface area contributed by atoms with Crippen molar-refractivity contribution in [1.29, 1.82) is 0 Å². The maximum atomic E-state index is 2.41. The second kappa shape index (κ2) is 5.35. The average Bonchev–Trinajstić information content (AvgIpc) is 1.81. The summed E-state index contributed by atoms with van der Waals surface area (Å²) in [5.74, 6) is 1.73. The summed E-state index contributed by atoms with van der Waals surface area (Å²) >= 11 is 0. The Bertz CT molecular complexity index is 121. The van der Waals surface area contributed by atoms with E-state index in [9.17, 15) is 0 Å². The Kier molecular flexibility index (Phi) is 5.52. The molecular weight excluding hydrogens is 175 g/mol. The highest BCUT2D eigenvalue weighted by molar-refractivity contribution is 7.59. The minimum Gasteiger partial charge on any atom is -0.101 e. The normalized spacial score (nSPS) is 13.4. The zero-order chi connectivity index (χ0) is 10.6. The van der Waals surface area contributed by atoms with E-state index >= 15 is 0 Å². The van der Waals surface area contributed by atoms with Crippen LogP contribution in [0.4, 0.5) is 0 Å². The smallest absolute Gasteiger partial charge is 0.0179 e. The molecule has 0 aromatic carbocycles. The van der Waals surface area contributed by atoms with E-state index in [0.29, 0.717) is 5.16 Å². The Morgan fingerprint density at radius 2 is 1.15 bits per heavy atom. The standard InChI is InChI=1S/C12H27P/c1-10(2)8-13(9-11(3)4)12(5,6)7/h10-11H,8-9H2,1-7H3. The molecule has 0 saturated carbocycles. The summed E-state index contributed by atoms with van der Waals surface area (Å²) in [7, 11) is 0.219. The van der Waals surface area contributed by atoms with Crippen LogP contribution in [0.1, 0.15) is 48.5 Å². The van der Waals surface area contributed by atoms with Crippen molar-refractivity contribution in [2.75, 3.05) is 12.3 Å². The van der Waals surface area contributed by atoms with Gasteiger partial charge in [0.05, 0.1) is 0 Å². The van der Waals surface area contributed by atoms with E-state index in [1.54, 1.807) is 0 Å². The largest absolute Gasteiger partial charge is 0.101 e. The summed E-state index contributed by atoms with van der Waals surface area (Å²) in [5, 5.41) is 0.546. The van der Waals surface area contributed by atoms with Gasteiger partial charge in [-0.25, -0.2) is 0 Å². The maximum absolute atomic E-state index is 2.41. The van der Waals surface area contributed by atoms with E-state index in [4.69, 9.17) is 0 Å². The molecule has 0 rings (SSSR count). The van der Waals surface area contributed by atoms with E-state index in [1.165, 1.54) is 12.3 Å². The Hall–Kier alpha value is 0.430. The van der Waals surface area contributed by atoms with Crippen molar-refractivity contribution >= 4 is 7.92 Å². The lowest BCUT2D eigenvalue weighted by Crippen LogP contribution is -2.19. The zero-order valence-corrected chi connectivity index (χ0v) is 11.4. The highest BCUT2D eigenvalue weighted by atomic mass is 31.1. The van der Waals surface area contributed by atoms with Gasteiger partial charge in [-0.15, -0.1) is 7.92 Å². The third-order valence-electron chi connectivity index (χ3n) is 2.12. The molecule has 0 aliphatic heterocycles. The molecule has 0 fully saturated rings. The summed E-state index contributed by atoms with van der Waals surface area (Å²) in [6.07, 6.45) is 2.88. The van der Waals surface area contributed by atoms with E-state index in [2.05, 4.69) is 48.5 Å². The van der Waals surface area contributed by atoms with Crippen LogP contribution in [-0.2, 0) is 0 Å². The van der Waals surface area contributed by atoms with E-state index in [0.717, 1.165) is 11.8 Å². The van der Waals surface area contributed by atoms with Crippen LogP contribution >= 0.6 is 7.92 Å². The van der Waals surface area contributed by atoms with Crippen molar-refractivity contribution < 1.29 is 0 Å². The van der Waals surface area contributed by atoms with Crippen LogP contribution in [0, 0.1) is 11.8 Å². The van der Waals surface area contributed by atoms with Crippen LogP contribution in [-0.4, -0.2) is 17.5 Å². The first-order valence-electron chi connectivity index (χ1n) is 5.48. The molecule has 13 heavy (non-hydrogen) atoms. The molecule has 0 amide bonds. The average molecular weight is 202 g/mol. The fraction of sp³-hybridized carbons (Fsp3) is 1.00. The highest BCUT2D eigenvalue weighted by Crippen LogP contribution is 2.51. The molecule has 0 atom stereocenters. The summed E-state index contributed by atoms with van der Waals surface area (Å²) in [5.41, 5.74) is 0. The number of rotatable bonds is 4.